The van der Waals surface area contributed by atoms with Crippen LogP contribution < -0.4 is 0 Å². The Morgan fingerprint density at radius 2 is 2.15 bits per heavy atom. The van der Waals surface area contributed by atoms with Crippen molar-refractivity contribution < 1.29 is 5.11 Å². The summed E-state index contributed by atoms with van der Waals surface area (Å²) in [6.07, 6.45) is 4.63. The predicted octanol–water partition coefficient (Wildman–Crippen LogP) is 3.17. The zero-order chi connectivity index (χ0) is 17.7. The average Bonchev–Trinajstić information content (AvgIpc) is 3.25. The SMILES string of the molecule is Cc1ccc2c(n1)c1c(n2CC(O)c2ccccn2)CCN2CCCC12. The van der Waals surface area contributed by atoms with Gasteiger partial charge in [0.05, 0.1) is 23.3 Å². The highest BCUT2D eigenvalue weighted by Gasteiger charge is 2.36. The number of aliphatic hydroxyl groups excluding tert-OH is 1. The molecule has 5 rings (SSSR count). The lowest BCUT2D eigenvalue weighted by molar-refractivity contribution is 0.151. The number of hydrogen-bond acceptors (Lipinski definition) is 4. The molecule has 0 bridgehead atoms. The van der Waals surface area contributed by atoms with Crippen LogP contribution in [0.2, 0.25) is 0 Å². The van der Waals surface area contributed by atoms with Crippen LogP contribution in [-0.4, -0.2) is 37.6 Å². The molecule has 1 N–H and O–H groups in total. The summed E-state index contributed by atoms with van der Waals surface area (Å²) >= 11 is 0. The molecule has 0 aliphatic carbocycles. The van der Waals surface area contributed by atoms with Crippen molar-refractivity contribution in [3.8, 4) is 0 Å². The Morgan fingerprint density at radius 3 is 3.00 bits per heavy atom. The maximum absolute atomic E-state index is 10.8. The second-order valence-corrected chi connectivity index (χ2v) is 7.51. The minimum atomic E-state index is -0.612. The topological polar surface area (TPSA) is 54.2 Å². The zero-order valence-electron chi connectivity index (χ0n) is 15.1. The van der Waals surface area contributed by atoms with Crippen LogP contribution >= 0.6 is 0 Å². The van der Waals surface area contributed by atoms with E-state index in [2.05, 4.69) is 33.5 Å². The van der Waals surface area contributed by atoms with E-state index in [1.165, 1.54) is 30.6 Å². The summed E-state index contributed by atoms with van der Waals surface area (Å²) in [5.41, 5.74) is 6.81. The van der Waals surface area contributed by atoms with Crippen LogP contribution in [0.4, 0.5) is 0 Å². The lowest BCUT2D eigenvalue weighted by atomic mass is 9.98. The van der Waals surface area contributed by atoms with Gasteiger partial charge in [-0.25, -0.2) is 0 Å². The third-order valence-electron chi connectivity index (χ3n) is 5.91. The van der Waals surface area contributed by atoms with E-state index in [-0.39, 0.29) is 0 Å². The fraction of sp³-hybridized carbons (Fsp3) is 0.429. The van der Waals surface area contributed by atoms with Gasteiger partial charge in [-0.2, -0.15) is 0 Å². The van der Waals surface area contributed by atoms with Crippen molar-refractivity contribution in [2.45, 2.75) is 44.9 Å². The second-order valence-electron chi connectivity index (χ2n) is 7.51. The molecule has 3 aromatic heterocycles. The molecule has 0 aromatic carbocycles. The van der Waals surface area contributed by atoms with Crippen LogP contribution in [0.5, 0.6) is 0 Å². The van der Waals surface area contributed by atoms with E-state index >= 15 is 0 Å². The first-order valence-corrected chi connectivity index (χ1v) is 9.54. The molecule has 134 valence electrons. The minimum Gasteiger partial charge on any atom is -0.385 e. The van der Waals surface area contributed by atoms with Crippen molar-refractivity contribution in [3.05, 3.63) is 59.2 Å². The van der Waals surface area contributed by atoms with Crippen molar-refractivity contribution >= 4 is 11.0 Å². The molecule has 0 spiro atoms. The van der Waals surface area contributed by atoms with Gasteiger partial charge in [0.1, 0.15) is 6.10 Å². The monoisotopic (exact) mass is 348 g/mol. The van der Waals surface area contributed by atoms with Gasteiger partial charge in [-0.3, -0.25) is 14.9 Å². The van der Waals surface area contributed by atoms with Crippen molar-refractivity contribution in [2.75, 3.05) is 13.1 Å². The standard InChI is InChI=1S/C21H24N4O/c1-14-7-8-18-21(23-14)20-16-6-4-11-24(16)12-9-17(20)25(18)13-19(26)15-5-2-3-10-22-15/h2-3,5,7-8,10,16,19,26H,4,6,9,11-13H2,1H3. The molecule has 2 aliphatic heterocycles. The summed E-state index contributed by atoms with van der Waals surface area (Å²) in [7, 11) is 0. The largest absolute Gasteiger partial charge is 0.385 e. The molecule has 26 heavy (non-hydrogen) atoms. The molecular formula is C21H24N4O. The molecule has 0 amide bonds. The molecule has 2 unspecified atom stereocenters. The summed E-state index contributed by atoms with van der Waals surface area (Å²) in [4.78, 5) is 11.8. The number of fused-ring (bicyclic) bond motifs is 5. The second kappa shape index (κ2) is 6.18. The van der Waals surface area contributed by atoms with Crippen LogP contribution in [0.1, 0.15) is 47.6 Å². The average molecular weight is 348 g/mol. The zero-order valence-corrected chi connectivity index (χ0v) is 15.1. The third kappa shape index (κ3) is 2.46. The summed E-state index contributed by atoms with van der Waals surface area (Å²) < 4.78 is 2.30. The molecular weight excluding hydrogens is 324 g/mol. The number of aryl methyl sites for hydroxylation is 1. The highest BCUT2D eigenvalue weighted by molar-refractivity contribution is 5.83. The molecule has 0 radical (unpaired) electrons. The molecule has 1 fully saturated rings. The molecule has 1 saturated heterocycles. The van der Waals surface area contributed by atoms with Gasteiger partial charge in [-0.05, 0) is 50.6 Å². The number of pyridine rings is 2. The number of aliphatic hydroxyl groups is 1. The van der Waals surface area contributed by atoms with Crippen molar-refractivity contribution in [2.24, 2.45) is 0 Å². The van der Waals surface area contributed by atoms with Crippen molar-refractivity contribution in [3.63, 3.8) is 0 Å². The van der Waals surface area contributed by atoms with E-state index in [0.29, 0.717) is 12.6 Å². The Bertz CT molecular complexity index is 950. The maximum Gasteiger partial charge on any atom is 0.114 e. The number of hydrogen-bond donors (Lipinski definition) is 1. The van der Waals surface area contributed by atoms with Gasteiger partial charge < -0.3 is 9.67 Å². The summed E-state index contributed by atoms with van der Waals surface area (Å²) in [6, 6.07) is 10.4. The Hall–Kier alpha value is -2.24. The van der Waals surface area contributed by atoms with E-state index < -0.39 is 6.10 Å². The molecule has 2 atom stereocenters. The van der Waals surface area contributed by atoms with Crippen LogP contribution in [0, 0.1) is 6.92 Å². The van der Waals surface area contributed by atoms with Gasteiger partial charge >= 0.3 is 0 Å². The first kappa shape index (κ1) is 16.0. The van der Waals surface area contributed by atoms with Gasteiger partial charge in [0.2, 0.25) is 0 Å². The van der Waals surface area contributed by atoms with Gasteiger partial charge in [-0.15, -0.1) is 0 Å². The molecule has 3 aromatic rings. The predicted molar refractivity (Wildman–Crippen MR) is 101 cm³/mol. The van der Waals surface area contributed by atoms with Crippen LogP contribution in [0.25, 0.3) is 11.0 Å². The van der Waals surface area contributed by atoms with E-state index in [1.807, 2.05) is 18.2 Å². The summed E-state index contributed by atoms with van der Waals surface area (Å²) in [6.45, 7) is 4.88. The van der Waals surface area contributed by atoms with Crippen LogP contribution in [-0.2, 0) is 13.0 Å². The number of nitrogens with zero attached hydrogens (tertiary/aromatic N) is 4. The smallest absolute Gasteiger partial charge is 0.114 e. The third-order valence-corrected chi connectivity index (χ3v) is 5.91. The van der Waals surface area contributed by atoms with Gasteiger partial charge in [0.25, 0.3) is 0 Å². The first-order valence-electron chi connectivity index (χ1n) is 9.54. The Morgan fingerprint density at radius 1 is 1.23 bits per heavy atom. The number of aromatic nitrogens is 3. The van der Waals surface area contributed by atoms with E-state index in [9.17, 15) is 5.11 Å². The summed E-state index contributed by atoms with van der Waals surface area (Å²) in [5, 5.41) is 10.8. The Labute approximate surface area is 153 Å². The van der Waals surface area contributed by atoms with Crippen LogP contribution in [0.3, 0.4) is 0 Å². The lowest BCUT2D eigenvalue weighted by Crippen LogP contribution is -2.31. The lowest BCUT2D eigenvalue weighted by Gasteiger charge is -2.30. The molecule has 2 aliphatic rings. The minimum absolute atomic E-state index is 0.490. The van der Waals surface area contributed by atoms with E-state index in [4.69, 9.17) is 4.98 Å². The fourth-order valence-corrected chi connectivity index (χ4v) is 4.73. The normalized spacial score (nSPS) is 20.9. The fourth-order valence-electron chi connectivity index (χ4n) is 4.73. The van der Waals surface area contributed by atoms with Crippen molar-refractivity contribution in [1.29, 1.82) is 0 Å². The highest BCUT2D eigenvalue weighted by Crippen LogP contribution is 2.42. The highest BCUT2D eigenvalue weighted by atomic mass is 16.3. The Kier molecular flexibility index (Phi) is 3.80. The first-order chi connectivity index (χ1) is 12.7. The van der Waals surface area contributed by atoms with E-state index in [0.717, 1.165) is 35.4 Å². The van der Waals surface area contributed by atoms with Gasteiger partial charge in [0, 0.05) is 42.2 Å². The maximum atomic E-state index is 10.8. The number of rotatable bonds is 3. The summed E-state index contributed by atoms with van der Waals surface area (Å²) in [5.74, 6) is 0. The van der Waals surface area contributed by atoms with Gasteiger partial charge in [0.15, 0.2) is 0 Å². The van der Waals surface area contributed by atoms with Crippen LogP contribution in [0.15, 0.2) is 36.5 Å². The Balaban J connectivity index is 1.64. The quantitative estimate of drug-likeness (QED) is 0.790. The molecule has 5 heteroatoms. The molecule has 5 heterocycles. The van der Waals surface area contributed by atoms with Gasteiger partial charge in [-0.1, -0.05) is 6.07 Å². The van der Waals surface area contributed by atoms with Crippen molar-refractivity contribution in [1.82, 2.24) is 19.4 Å². The molecule has 5 nitrogen and oxygen atoms in total. The van der Waals surface area contributed by atoms with E-state index in [1.54, 1.807) is 6.20 Å². The molecule has 0 saturated carbocycles.